The van der Waals surface area contributed by atoms with E-state index in [1.807, 2.05) is 13.8 Å². The van der Waals surface area contributed by atoms with Gasteiger partial charge in [0.1, 0.15) is 0 Å². The summed E-state index contributed by atoms with van der Waals surface area (Å²) in [5, 5.41) is 6.96. The fraction of sp³-hybridized carbons (Fsp3) is 0.818. The predicted octanol–water partition coefficient (Wildman–Crippen LogP) is 1.23. The van der Waals surface area contributed by atoms with Crippen LogP contribution >= 0.6 is 11.8 Å². The summed E-state index contributed by atoms with van der Waals surface area (Å²) >= 11 is 1.73. The third-order valence-electron chi connectivity index (χ3n) is 2.62. The molecule has 0 aromatic rings. The Morgan fingerprint density at radius 1 is 1.69 bits per heavy atom. The van der Waals surface area contributed by atoms with E-state index in [9.17, 15) is 4.79 Å². The maximum Gasteiger partial charge on any atom is 0.227 e. The van der Waals surface area contributed by atoms with E-state index < -0.39 is 5.41 Å². The SMILES string of the molecule is CNC(=O)C(C)(C)CN=C1NC(C)CCS1. The second-order valence-electron chi connectivity index (χ2n) is 4.77. The van der Waals surface area contributed by atoms with Gasteiger partial charge >= 0.3 is 0 Å². The van der Waals surface area contributed by atoms with Crippen LogP contribution in [0.25, 0.3) is 0 Å². The van der Waals surface area contributed by atoms with Crippen molar-refractivity contribution >= 4 is 22.8 Å². The first-order chi connectivity index (χ1) is 7.45. The van der Waals surface area contributed by atoms with Crippen molar-refractivity contribution in [1.29, 1.82) is 0 Å². The summed E-state index contributed by atoms with van der Waals surface area (Å²) in [4.78, 5) is 16.0. The maximum atomic E-state index is 11.6. The number of nitrogens with one attached hydrogen (secondary N) is 2. The number of rotatable bonds is 3. The molecule has 1 fully saturated rings. The van der Waals surface area contributed by atoms with Gasteiger partial charge in [0.2, 0.25) is 5.91 Å². The van der Waals surface area contributed by atoms with Gasteiger partial charge in [0, 0.05) is 18.8 Å². The number of hydrogen-bond donors (Lipinski definition) is 2. The monoisotopic (exact) mass is 243 g/mol. The fourth-order valence-electron chi connectivity index (χ4n) is 1.43. The number of nitrogens with zero attached hydrogens (tertiary/aromatic N) is 1. The summed E-state index contributed by atoms with van der Waals surface area (Å²) in [6, 6.07) is 0.489. The maximum absolute atomic E-state index is 11.6. The van der Waals surface area contributed by atoms with E-state index in [-0.39, 0.29) is 5.91 Å². The second-order valence-corrected chi connectivity index (χ2v) is 5.85. The number of amides is 1. The molecule has 16 heavy (non-hydrogen) atoms. The van der Waals surface area contributed by atoms with E-state index in [0.717, 1.165) is 10.9 Å². The van der Waals surface area contributed by atoms with Gasteiger partial charge in [-0.05, 0) is 27.2 Å². The van der Waals surface area contributed by atoms with Gasteiger partial charge in [-0.3, -0.25) is 9.79 Å². The van der Waals surface area contributed by atoms with Gasteiger partial charge in [0.25, 0.3) is 0 Å². The Balaban J connectivity index is 2.54. The normalized spacial score (nSPS) is 24.0. The van der Waals surface area contributed by atoms with Crippen LogP contribution in [0.2, 0.25) is 0 Å². The van der Waals surface area contributed by atoms with Gasteiger partial charge in [-0.1, -0.05) is 11.8 Å². The Hall–Kier alpha value is -0.710. The van der Waals surface area contributed by atoms with E-state index in [4.69, 9.17) is 0 Å². The van der Waals surface area contributed by atoms with E-state index in [2.05, 4.69) is 22.5 Å². The Kier molecular flexibility index (Phi) is 4.65. The van der Waals surface area contributed by atoms with Crippen LogP contribution in [0.15, 0.2) is 4.99 Å². The Labute approximate surface area is 102 Å². The van der Waals surface area contributed by atoms with Crippen LogP contribution < -0.4 is 10.6 Å². The summed E-state index contributed by atoms with van der Waals surface area (Å²) in [5.74, 6) is 1.14. The summed E-state index contributed by atoms with van der Waals surface area (Å²) in [6.45, 7) is 6.49. The zero-order chi connectivity index (χ0) is 12.2. The third kappa shape index (κ3) is 3.70. The lowest BCUT2D eigenvalue weighted by molar-refractivity contribution is -0.128. The van der Waals surface area contributed by atoms with Crippen molar-refractivity contribution in [2.75, 3.05) is 19.3 Å². The van der Waals surface area contributed by atoms with Crippen LogP contribution in [-0.2, 0) is 4.79 Å². The quantitative estimate of drug-likeness (QED) is 0.784. The average Bonchev–Trinajstić information content (AvgIpc) is 2.25. The minimum Gasteiger partial charge on any atom is -0.362 e. The molecular formula is C11H21N3OS. The molecule has 0 aromatic heterocycles. The first kappa shape index (κ1) is 13.4. The number of aliphatic imine (C=N–C) groups is 1. The number of carbonyl (C=O) groups excluding carboxylic acids is 1. The van der Waals surface area contributed by atoms with Crippen molar-refractivity contribution in [2.24, 2.45) is 10.4 Å². The van der Waals surface area contributed by atoms with Crippen molar-refractivity contribution in [2.45, 2.75) is 33.2 Å². The van der Waals surface area contributed by atoms with Crippen molar-refractivity contribution in [3.63, 3.8) is 0 Å². The van der Waals surface area contributed by atoms with Crippen LogP contribution in [-0.4, -0.2) is 36.5 Å². The lowest BCUT2D eigenvalue weighted by Gasteiger charge is -2.24. The number of hydrogen-bond acceptors (Lipinski definition) is 3. The van der Waals surface area contributed by atoms with Gasteiger partial charge < -0.3 is 10.6 Å². The highest BCUT2D eigenvalue weighted by molar-refractivity contribution is 8.13. The zero-order valence-corrected chi connectivity index (χ0v) is 11.3. The van der Waals surface area contributed by atoms with E-state index >= 15 is 0 Å². The molecule has 0 aromatic carbocycles. The largest absolute Gasteiger partial charge is 0.362 e. The Morgan fingerprint density at radius 2 is 2.38 bits per heavy atom. The fourth-order valence-corrected chi connectivity index (χ4v) is 2.53. The first-order valence-electron chi connectivity index (χ1n) is 5.61. The van der Waals surface area contributed by atoms with Gasteiger partial charge in [-0.2, -0.15) is 0 Å². The number of carbonyl (C=O) groups is 1. The molecule has 92 valence electrons. The van der Waals surface area contributed by atoms with Crippen molar-refractivity contribution in [3.8, 4) is 0 Å². The van der Waals surface area contributed by atoms with Crippen LogP contribution in [0.1, 0.15) is 27.2 Å². The molecule has 1 aliphatic heterocycles. The van der Waals surface area contributed by atoms with Crippen molar-refractivity contribution in [3.05, 3.63) is 0 Å². The van der Waals surface area contributed by atoms with Gasteiger partial charge in [-0.25, -0.2) is 0 Å². The molecule has 0 bridgehead atoms. The molecule has 1 heterocycles. The van der Waals surface area contributed by atoms with E-state index in [0.29, 0.717) is 12.6 Å². The van der Waals surface area contributed by atoms with Gasteiger partial charge in [0.05, 0.1) is 12.0 Å². The van der Waals surface area contributed by atoms with Gasteiger partial charge in [-0.15, -0.1) is 0 Å². The summed E-state index contributed by atoms with van der Waals surface area (Å²) in [6.07, 6.45) is 1.17. The van der Waals surface area contributed by atoms with Crippen molar-refractivity contribution in [1.82, 2.24) is 10.6 Å². The molecule has 1 rings (SSSR count). The second kappa shape index (κ2) is 5.57. The average molecular weight is 243 g/mol. The highest BCUT2D eigenvalue weighted by Crippen LogP contribution is 2.18. The van der Waals surface area contributed by atoms with Crippen LogP contribution in [0.4, 0.5) is 0 Å². The molecule has 1 aliphatic rings. The molecule has 0 saturated carbocycles. The van der Waals surface area contributed by atoms with Crippen molar-refractivity contribution < 1.29 is 4.79 Å². The Bertz CT molecular complexity index is 289. The third-order valence-corrected chi connectivity index (χ3v) is 3.58. The topological polar surface area (TPSA) is 53.5 Å². The first-order valence-corrected chi connectivity index (χ1v) is 6.60. The highest BCUT2D eigenvalue weighted by Gasteiger charge is 2.26. The van der Waals surface area contributed by atoms with E-state index in [1.165, 1.54) is 6.42 Å². The minimum absolute atomic E-state index is 0.0331. The molecule has 0 spiro atoms. The smallest absolute Gasteiger partial charge is 0.227 e. The highest BCUT2D eigenvalue weighted by atomic mass is 32.2. The molecule has 1 unspecified atom stereocenters. The van der Waals surface area contributed by atoms with Gasteiger partial charge in [0.15, 0.2) is 5.17 Å². The molecule has 1 amide bonds. The lowest BCUT2D eigenvalue weighted by atomic mass is 9.93. The standard InChI is InChI=1S/C11H21N3OS/c1-8-5-6-16-10(14-8)13-7-11(2,3)9(15)12-4/h8H,5-7H2,1-4H3,(H,12,15)(H,13,14). The summed E-state index contributed by atoms with van der Waals surface area (Å²) in [5.41, 5.74) is -0.440. The lowest BCUT2D eigenvalue weighted by Crippen LogP contribution is -2.39. The number of thioether (sulfide) groups is 1. The molecule has 0 radical (unpaired) electrons. The molecule has 2 N–H and O–H groups in total. The Morgan fingerprint density at radius 3 is 2.94 bits per heavy atom. The molecule has 1 saturated heterocycles. The molecule has 1 atom stereocenters. The van der Waals surface area contributed by atoms with E-state index in [1.54, 1.807) is 18.8 Å². The van der Waals surface area contributed by atoms with Crippen LogP contribution in [0.5, 0.6) is 0 Å². The molecule has 0 aliphatic carbocycles. The summed E-state index contributed by atoms with van der Waals surface area (Å²) in [7, 11) is 1.66. The van der Waals surface area contributed by atoms with Crippen LogP contribution in [0, 0.1) is 5.41 Å². The summed E-state index contributed by atoms with van der Waals surface area (Å²) < 4.78 is 0. The minimum atomic E-state index is -0.440. The predicted molar refractivity (Wildman–Crippen MR) is 69.8 cm³/mol. The van der Waals surface area contributed by atoms with Crippen LogP contribution in [0.3, 0.4) is 0 Å². The molecular weight excluding hydrogens is 222 g/mol. The molecule has 5 heteroatoms. The zero-order valence-electron chi connectivity index (χ0n) is 10.5. The number of amidine groups is 1. The molecule has 4 nitrogen and oxygen atoms in total.